The average molecular weight is 368 g/mol. The van der Waals surface area contributed by atoms with E-state index in [4.69, 9.17) is 11.6 Å². The maximum absolute atomic E-state index is 6.23. The van der Waals surface area contributed by atoms with Gasteiger partial charge in [-0.1, -0.05) is 52.3 Å². The lowest BCUT2D eigenvalue weighted by Gasteiger charge is -2.19. The van der Waals surface area contributed by atoms with Crippen LogP contribution in [0.25, 0.3) is 0 Å². The van der Waals surface area contributed by atoms with Crippen LogP contribution in [0.4, 0.5) is 0 Å². The molecule has 0 saturated heterocycles. The van der Waals surface area contributed by atoms with Gasteiger partial charge in [0.2, 0.25) is 0 Å². The first-order chi connectivity index (χ1) is 9.78. The molecule has 0 N–H and O–H groups in total. The zero-order valence-corrected chi connectivity index (χ0v) is 14.2. The van der Waals surface area contributed by atoms with Crippen molar-refractivity contribution in [2.45, 2.75) is 28.9 Å². The molecule has 2 atom stereocenters. The highest BCUT2D eigenvalue weighted by atomic mass is 79.9. The van der Waals surface area contributed by atoms with E-state index in [-0.39, 0.29) is 0 Å². The summed E-state index contributed by atoms with van der Waals surface area (Å²) in [5, 5.41) is 0.642. The largest absolute Gasteiger partial charge is 0.126 e. The molecule has 0 saturated carbocycles. The summed E-state index contributed by atoms with van der Waals surface area (Å²) in [5.41, 5.74) is 2.82. The summed E-state index contributed by atoms with van der Waals surface area (Å²) < 4.78 is 1.17. The van der Waals surface area contributed by atoms with Gasteiger partial charge in [-0.15, -0.1) is 23.4 Å². The molecule has 0 spiro atoms. The van der Waals surface area contributed by atoms with E-state index in [0.717, 1.165) is 6.42 Å². The summed E-state index contributed by atoms with van der Waals surface area (Å²) in [6.07, 6.45) is 2.30. The second-order valence-electron chi connectivity index (χ2n) is 5.16. The lowest BCUT2D eigenvalue weighted by atomic mass is 9.94. The number of alkyl halides is 1. The smallest absolute Gasteiger partial charge is 0.0293 e. The summed E-state index contributed by atoms with van der Waals surface area (Å²) in [6.45, 7) is 0. The Morgan fingerprint density at radius 2 is 1.90 bits per heavy atom. The zero-order valence-electron chi connectivity index (χ0n) is 11.1. The van der Waals surface area contributed by atoms with Crippen LogP contribution in [0.5, 0.6) is 0 Å². The third-order valence-corrected chi connectivity index (χ3v) is 6.23. The highest BCUT2D eigenvalue weighted by Crippen LogP contribution is 2.42. The summed E-state index contributed by atoms with van der Waals surface area (Å²) >= 11 is 11.9. The minimum Gasteiger partial charge on any atom is -0.126 e. The molecular weight excluding hydrogens is 352 g/mol. The molecule has 3 rings (SSSR count). The van der Waals surface area contributed by atoms with Crippen molar-refractivity contribution in [3.8, 4) is 0 Å². The summed E-state index contributed by atoms with van der Waals surface area (Å²) in [7, 11) is 0. The number of hydrogen-bond acceptors (Lipinski definition) is 1. The minimum atomic E-state index is 0.416. The van der Waals surface area contributed by atoms with Crippen molar-refractivity contribution in [1.82, 2.24) is 0 Å². The molecule has 0 radical (unpaired) electrons. The number of benzene rings is 2. The van der Waals surface area contributed by atoms with E-state index in [1.54, 1.807) is 0 Å². The molecule has 2 aromatic carbocycles. The Kier molecular flexibility index (Phi) is 4.75. The maximum Gasteiger partial charge on any atom is 0.0293 e. The van der Waals surface area contributed by atoms with Gasteiger partial charge in [-0.25, -0.2) is 0 Å². The van der Waals surface area contributed by atoms with Gasteiger partial charge < -0.3 is 0 Å². The van der Waals surface area contributed by atoms with Crippen molar-refractivity contribution < 1.29 is 0 Å². The Morgan fingerprint density at radius 1 is 1.15 bits per heavy atom. The lowest BCUT2D eigenvalue weighted by molar-refractivity contribution is 0.655. The predicted octanol–water partition coefficient (Wildman–Crippen LogP) is 5.88. The Labute approximate surface area is 138 Å². The van der Waals surface area contributed by atoms with E-state index in [1.165, 1.54) is 26.9 Å². The summed E-state index contributed by atoms with van der Waals surface area (Å²) in [4.78, 5) is 1.44. The summed E-state index contributed by atoms with van der Waals surface area (Å²) in [5.74, 6) is 1.09. The van der Waals surface area contributed by atoms with Crippen molar-refractivity contribution in [3.05, 3.63) is 64.1 Å². The van der Waals surface area contributed by atoms with Gasteiger partial charge in [0.1, 0.15) is 0 Å². The second-order valence-corrected chi connectivity index (χ2v) is 7.67. The second kappa shape index (κ2) is 6.55. The predicted molar refractivity (Wildman–Crippen MR) is 92.0 cm³/mol. The molecule has 1 aliphatic rings. The highest BCUT2D eigenvalue weighted by molar-refractivity contribution is 9.10. The first-order valence-electron chi connectivity index (χ1n) is 6.83. The van der Waals surface area contributed by atoms with Gasteiger partial charge in [-0.05, 0) is 42.0 Å². The molecule has 1 aliphatic heterocycles. The fourth-order valence-electron chi connectivity index (χ4n) is 2.78. The monoisotopic (exact) mass is 366 g/mol. The van der Waals surface area contributed by atoms with E-state index in [0.29, 0.717) is 17.0 Å². The third-order valence-electron chi connectivity index (χ3n) is 3.79. The maximum atomic E-state index is 6.23. The highest BCUT2D eigenvalue weighted by Gasteiger charge is 2.25. The fourth-order valence-corrected chi connectivity index (χ4v) is 5.09. The van der Waals surface area contributed by atoms with Crippen molar-refractivity contribution >= 4 is 39.3 Å². The SMILES string of the molecule is ClCC(CC1Cc2ccccc2S1)c1ccccc1Br. The Morgan fingerprint density at radius 3 is 2.65 bits per heavy atom. The molecule has 0 nitrogen and oxygen atoms in total. The molecule has 3 heteroatoms. The molecule has 0 amide bonds. The normalized spacial score (nSPS) is 18.8. The lowest BCUT2D eigenvalue weighted by Crippen LogP contribution is -2.11. The Balaban J connectivity index is 1.73. The van der Waals surface area contributed by atoms with E-state index in [9.17, 15) is 0 Å². The molecule has 104 valence electrons. The van der Waals surface area contributed by atoms with E-state index in [1.807, 2.05) is 11.8 Å². The van der Waals surface area contributed by atoms with E-state index in [2.05, 4.69) is 64.5 Å². The standard InChI is InChI=1S/C17H16BrClS/c18-16-7-3-2-6-15(16)13(11-19)10-14-9-12-5-1-4-8-17(12)20-14/h1-8,13-14H,9-11H2. The van der Waals surface area contributed by atoms with Crippen LogP contribution in [0, 0.1) is 0 Å². The molecule has 0 fully saturated rings. The van der Waals surface area contributed by atoms with Crippen LogP contribution in [0.2, 0.25) is 0 Å². The topological polar surface area (TPSA) is 0 Å². The Bertz CT molecular complexity index is 574. The van der Waals surface area contributed by atoms with Crippen molar-refractivity contribution in [3.63, 3.8) is 0 Å². The van der Waals surface area contributed by atoms with Gasteiger partial charge in [0.05, 0.1) is 0 Å². The molecule has 0 bridgehead atoms. The number of thioether (sulfide) groups is 1. The molecule has 2 unspecified atom stereocenters. The van der Waals surface area contributed by atoms with Gasteiger partial charge in [-0.3, -0.25) is 0 Å². The number of fused-ring (bicyclic) bond motifs is 1. The molecular formula is C17H16BrClS. The van der Waals surface area contributed by atoms with E-state index < -0.39 is 0 Å². The van der Waals surface area contributed by atoms with Gasteiger partial charge in [0.15, 0.2) is 0 Å². The quantitative estimate of drug-likeness (QED) is 0.608. The molecule has 0 aromatic heterocycles. The molecule has 20 heavy (non-hydrogen) atoms. The van der Waals surface area contributed by atoms with Gasteiger partial charge in [0.25, 0.3) is 0 Å². The van der Waals surface area contributed by atoms with Crippen LogP contribution < -0.4 is 0 Å². The molecule has 1 heterocycles. The first-order valence-corrected chi connectivity index (χ1v) is 9.03. The van der Waals surface area contributed by atoms with Crippen LogP contribution >= 0.6 is 39.3 Å². The number of rotatable bonds is 4. The van der Waals surface area contributed by atoms with Gasteiger partial charge in [-0.2, -0.15) is 0 Å². The van der Waals surface area contributed by atoms with Gasteiger partial charge in [0, 0.05) is 20.5 Å². The van der Waals surface area contributed by atoms with Crippen LogP contribution in [0.15, 0.2) is 57.9 Å². The minimum absolute atomic E-state index is 0.416. The molecule has 2 aromatic rings. The van der Waals surface area contributed by atoms with Crippen molar-refractivity contribution in [2.75, 3.05) is 5.88 Å². The fraction of sp³-hybridized carbons (Fsp3) is 0.294. The van der Waals surface area contributed by atoms with Crippen LogP contribution in [0.3, 0.4) is 0 Å². The van der Waals surface area contributed by atoms with Crippen LogP contribution in [-0.2, 0) is 6.42 Å². The van der Waals surface area contributed by atoms with Crippen molar-refractivity contribution in [2.24, 2.45) is 0 Å². The van der Waals surface area contributed by atoms with Crippen LogP contribution in [0.1, 0.15) is 23.5 Å². The van der Waals surface area contributed by atoms with Gasteiger partial charge >= 0.3 is 0 Å². The molecule has 0 aliphatic carbocycles. The first kappa shape index (κ1) is 14.5. The van der Waals surface area contributed by atoms with E-state index >= 15 is 0 Å². The number of hydrogen-bond donors (Lipinski definition) is 0. The van der Waals surface area contributed by atoms with Crippen molar-refractivity contribution in [1.29, 1.82) is 0 Å². The van der Waals surface area contributed by atoms with Crippen LogP contribution in [-0.4, -0.2) is 11.1 Å². The zero-order chi connectivity index (χ0) is 13.9. The third kappa shape index (κ3) is 3.08. The average Bonchev–Trinajstić information content (AvgIpc) is 2.88. The summed E-state index contributed by atoms with van der Waals surface area (Å²) in [6, 6.07) is 17.2. The Hall–Kier alpha value is -0.440. The number of halogens is 2.